The van der Waals surface area contributed by atoms with Gasteiger partial charge >= 0.3 is 0 Å². The van der Waals surface area contributed by atoms with Crippen LogP contribution in [0.1, 0.15) is 30.7 Å². The molecule has 0 aromatic carbocycles. The summed E-state index contributed by atoms with van der Waals surface area (Å²) in [5.74, 6) is 3.62. The Morgan fingerprint density at radius 2 is 2.27 bits per heavy atom. The van der Waals surface area contributed by atoms with E-state index < -0.39 is 0 Å². The van der Waals surface area contributed by atoms with E-state index in [-0.39, 0.29) is 0 Å². The molecule has 1 aliphatic heterocycles. The molecule has 1 aliphatic rings. The third-order valence-electron chi connectivity index (χ3n) is 4.15. The number of hydrogen-bond donors (Lipinski definition) is 1. The average molecular weight is 298 g/mol. The molecule has 1 atom stereocenters. The van der Waals surface area contributed by atoms with Gasteiger partial charge in [0, 0.05) is 30.8 Å². The van der Waals surface area contributed by atoms with Crippen LogP contribution in [0.15, 0.2) is 12.4 Å². The van der Waals surface area contributed by atoms with E-state index in [1.54, 1.807) is 4.52 Å². The van der Waals surface area contributed by atoms with Crippen molar-refractivity contribution in [3.8, 4) is 0 Å². The molecule has 4 rings (SSSR count). The van der Waals surface area contributed by atoms with Gasteiger partial charge in [-0.25, -0.2) is 4.98 Å². The Kier molecular flexibility index (Phi) is 3.02. The van der Waals surface area contributed by atoms with Crippen molar-refractivity contribution in [3.63, 3.8) is 0 Å². The van der Waals surface area contributed by atoms with Gasteiger partial charge in [0.05, 0.1) is 0 Å². The molecule has 22 heavy (non-hydrogen) atoms. The predicted octanol–water partition coefficient (Wildman–Crippen LogP) is 1.01. The molecule has 0 bridgehead atoms. The SMILES string of the molecule is CCc1cc(N[C@H]2CCc3nnc(C)n3C2)n2ncnc2n1. The minimum Gasteiger partial charge on any atom is -0.365 e. The number of nitrogens with zero attached hydrogens (tertiary/aromatic N) is 7. The van der Waals surface area contributed by atoms with Crippen molar-refractivity contribution < 1.29 is 0 Å². The molecule has 8 nitrogen and oxygen atoms in total. The molecule has 0 amide bonds. The van der Waals surface area contributed by atoms with Crippen LogP contribution in [-0.2, 0) is 19.4 Å². The van der Waals surface area contributed by atoms with Crippen LogP contribution in [0.25, 0.3) is 5.78 Å². The fourth-order valence-electron chi connectivity index (χ4n) is 2.93. The van der Waals surface area contributed by atoms with Crippen molar-refractivity contribution in [1.82, 2.24) is 34.3 Å². The summed E-state index contributed by atoms with van der Waals surface area (Å²) in [7, 11) is 0. The third kappa shape index (κ3) is 2.11. The second kappa shape index (κ2) is 5.04. The van der Waals surface area contributed by atoms with Crippen LogP contribution >= 0.6 is 0 Å². The van der Waals surface area contributed by atoms with Gasteiger partial charge in [0.15, 0.2) is 0 Å². The maximum Gasteiger partial charge on any atom is 0.254 e. The summed E-state index contributed by atoms with van der Waals surface area (Å²) in [6, 6.07) is 2.37. The Hall–Kier alpha value is -2.51. The summed E-state index contributed by atoms with van der Waals surface area (Å²) in [4.78, 5) is 8.67. The van der Waals surface area contributed by atoms with Gasteiger partial charge in [0.1, 0.15) is 23.8 Å². The van der Waals surface area contributed by atoms with E-state index in [1.807, 2.05) is 6.92 Å². The zero-order chi connectivity index (χ0) is 15.1. The number of aromatic nitrogens is 7. The number of rotatable bonds is 3. The second-order valence-corrected chi connectivity index (χ2v) is 5.61. The van der Waals surface area contributed by atoms with Crippen molar-refractivity contribution in [3.05, 3.63) is 29.7 Å². The number of aryl methyl sites for hydroxylation is 3. The van der Waals surface area contributed by atoms with Crippen molar-refractivity contribution in [1.29, 1.82) is 0 Å². The highest BCUT2D eigenvalue weighted by Gasteiger charge is 2.22. The minimum absolute atomic E-state index is 0.321. The Morgan fingerprint density at radius 3 is 3.14 bits per heavy atom. The van der Waals surface area contributed by atoms with Crippen molar-refractivity contribution in [2.75, 3.05) is 5.32 Å². The quantitative estimate of drug-likeness (QED) is 0.777. The van der Waals surface area contributed by atoms with Gasteiger partial charge in [0.2, 0.25) is 0 Å². The molecule has 0 saturated heterocycles. The fourth-order valence-corrected chi connectivity index (χ4v) is 2.93. The minimum atomic E-state index is 0.321. The zero-order valence-corrected chi connectivity index (χ0v) is 12.7. The van der Waals surface area contributed by atoms with Crippen LogP contribution in [-0.4, -0.2) is 40.4 Å². The maximum atomic E-state index is 4.47. The topological polar surface area (TPSA) is 85.8 Å². The lowest BCUT2D eigenvalue weighted by Gasteiger charge is -2.25. The first-order valence-electron chi connectivity index (χ1n) is 7.59. The van der Waals surface area contributed by atoms with E-state index in [0.29, 0.717) is 11.8 Å². The first-order valence-corrected chi connectivity index (χ1v) is 7.59. The Morgan fingerprint density at radius 1 is 1.36 bits per heavy atom. The van der Waals surface area contributed by atoms with Gasteiger partial charge in [-0.05, 0) is 19.8 Å². The molecule has 0 fully saturated rings. The van der Waals surface area contributed by atoms with E-state index in [1.165, 1.54) is 6.33 Å². The normalized spacial score (nSPS) is 17.6. The molecular formula is C14H18N8. The lowest BCUT2D eigenvalue weighted by Crippen LogP contribution is -2.32. The number of hydrogen-bond acceptors (Lipinski definition) is 6. The van der Waals surface area contributed by atoms with Gasteiger partial charge in [-0.3, -0.25) is 0 Å². The third-order valence-corrected chi connectivity index (χ3v) is 4.15. The summed E-state index contributed by atoms with van der Waals surface area (Å²) in [5, 5.41) is 16.2. The van der Waals surface area contributed by atoms with Crippen molar-refractivity contribution >= 4 is 11.6 Å². The first-order chi connectivity index (χ1) is 10.7. The van der Waals surface area contributed by atoms with Crippen LogP contribution in [0.3, 0.4) is 0 Å². The summed E-state index contributed by atoms with van der Waals surface area (Å²) < 4.78 is 3.94. The van der Waals surface area contributed by atoms with Crippen LogP contribution in [0, 0.1) is 6.92 Å². The molecule has 0 saturated carbocycles. The van der Waals surface area contributed by atoms with Gasteiger partial charge < -0.3 is 9.88 Å². The Labute approximate surface area is 127 Å². The maximum absolute atomic E-state index is 4.47. The van der Waals surface area contributed by atoms with Crippen molar-refractivity contribution in [2.24, 2.45) is 0 Å². The Balaban J connectivity index is 1.64. The molecule has 1 N–H and O–H groups in total. The average Bonchev–Trinajstić information content (AvgIpc) is 3.14. The van der Waals surface area contributed by atoms with Gasteiger partial charge in [-0.2, -0.15) is 14.6 Å². The number of nitrogens with one attached hydrogen (secondary N) is 1. The predicted molar refractivity (Wildman–Crippen MR) is 80.7 cm³/mol. The zero-order valence-electron chi connectivity index (χ0n) is 12.7. The monoisotopic (exact) mass is 298 g/mol. The summed E-state index contributed by atoms with van der Waals surface area (Å²) in [6.45, 7) is 4.96. The smallest absolute Gasteiger partial charge is 0.254 e. The molecule has 3 aromatic rings. The molecule has 8 heteroatoms. The van der Waals surface area contributed by atoms with Gasteiger partial charge in [-0.15, -0.1) is 10.2 Å². The highest BCUT2D eigenvalue weighted by Crippen LogP contribution is 2.19. The van der Waals surface area contributed by atoms with Crippen LogP contribution in [0.2, 0.25) is 0 Å². The van der Waals surface area contributed by atoms with Crippen LogP contribution < -0.4 is 5.32 Å². The highest BCUT2D eigenvalue weighted by atomic mass is 15.4. The first kappa shape index (κ1) is 13.2. The molecular weight excluding hydrogens is 280 g/mol. The highest BCUT2D eigenvalue weighted by molar-refractivity contribution is 5.45. The summed E-state index contributed by atoms with van der Waals surface area (Å²) in [5.41, 5.74) is 1.01. The van der Waals surface area contributed by atoms with E-state index in [4.69, 9.17) is 0 Å². The van der Waals surface area contributed by atoms with E-state index in [0.717, 1.165) is 49.0 Å². The lowest BCUT2D eigenvalue weighted by atomic mass is 10.1. The standard InChI is InChI=1S/C14H18N8/c1-3-10-6-13(22-14(18-10)15-8-16-22)17-11-4-5-12-20-19-9(2)21(12)7-11/h6,8,11,17H,3-5,7H2,1-2H3/t11-/m0/s1. The molecule has 0 radical (unpaired) electrons. The van der Waals surface area contributed by atoms with Gasteiger partial charge in [-0.1, -0.05) is 6.92 Å². The number of anilines is 1. The summed E-state index contributed by atoms with van der Waals surface area (Å²) in [6.07, 6.45) is 4.37. The van der Waals surface area contributed by atoms with Crippen molar-refractivity contribution in [2.45, 2.75) is 45.7 Å². The second-order valence-electron chi connectivity index (χ2n) is 5.61. The van der Waals surface area contributed by atoms with Crippen LogP contribution in [0.4, 0.5) is 5.82 Å². The van der Waals surface area contributed by atoms with E-state index in [9.17, 15) is 0 Å². The fraction of sp³-hybridized carbons (Fsp3) is 0.500. The molecule has 0 aliphatic carbocycles. The molecule has 114 valence electrons. The lowest BCUT2D eigenvalue weighted by molar-refractivity contribution is 0.468. The molecule has 0 spiro atoms. The Bertz CT molecular complexity index is 817. The van der Waals surface area contributed by atoms with E-state index in [2.05, 4.69) is 48.1 Å². The largest absolute Gasteiger partial charge is 0.365 e. The van der Waals surface area contributed by atoms with Crippen LogP contribution in [0.5, 0.6) is 0 Å². The molecule has 0 unspecified atom stereocenters. The molecule has 3 aromatic heterocycles. The number of fused-ring (bicyclic) bond motifs is 2. The molecule has 4 heterocycles. The van der Waals surface area contributed by atoms with E-state index >= 15 is 0 Å². The van der Waals surface area contributed by atoms with Gasteiger partial charge in [0.25, 0.3) is 5.78 Å². The summed E-state index contributed by atoms with van der Waals surface area (Å²) >= 11 is 0.